The van der Waals surface area contributed by atoms with Crippen LogP contribution in [0.3, 0.4) is 0 Å². The second kappa shape index (κ2) is 5.20. The van der Waals surface area contributed by atoms with Crippen LogP contribution >= 0.6 is 0 Å². The van der Waals surface area contributed by atoms with Crippen LogP contribution in [0, 0.1) is 11.3 Å². The van der Waals surface area contributed by atoms with Crippen LogP contribution in [0.5, 0.6) is 0 Å². The molecule has 0 heterocycles. The average molecular weight is 314 g/mol. The molecule has 0 bridgehead atoms. The largest absolute Gasteiger partial charge is 0.481 e. The molecule has 1 aromatic rings. The van der Waals surface area contributed by atoms with E-state index in [4.69, 9.17) is 0 Å². The van der Waals surface area contributed by atoms with E-state index in [1.807, 2.05) is 6.92 Å². The maximum absolute atomic E-state index is 12.0. The number of aliphatic hydroxyl groups excluding tert-OH is 1. The van der Waals surface area contributed by atoms with Crippen molar-refractivity contribution in [2.24, 2.45) is 11.3 Å². The van der Waals surface area contributed by atoms with Gasteiger partial charge in [0, 0.05) is 0 Å². The van der Waals surface area contributed by atoms with E-state index in [-0.39, 0.29) is 11.3 Å². The van der Waals surface area contributed by atoms with Gasteiger partial charge in [0.1, 0.15) is 0 Å². The number of aliphatic carboxylic acids is 1. The van der Waals surface area contributed by atoms with Gasteiger partial charge in [0.2, 0.25) is 0 Å². The van der Waals surface area contributed by atoms with E-state index in [1.165, 1.54) is 11.1 Å². The van der Waals surface area contributed by atoms with Crippen LogP contribution in [0.2, 0.25) is 0 Å². The highest BCUT2D eigenvalue weighted by molar-refractivity contribution is 5.76. The minimum atomic E-state index is -1.07. The molecule has 4 atom stereocenters. The van der Waals surface area contributed by atoms with Crippen molar-refractivity contribution in [1.29, 1.82) is 0 Å². The van der Waals surface area contributed by atoms with E-state index >= 15 is 0 Å². The molecule has 0 saturated heterocycles. The maximum Gasteiger partial charge on any atom is 0.312 e. The van der Waals surface area contributed by atoms with Gasteiger partial charge in [-0.1, -0.05) is 37.3 Å². The van der Waals surface area contributed by atoms with Crippen molar-refractivity contribution in [3.63, 3.8) is 0 Å². The first-order valence-electron chi connectivity index (χ1n) is 8.42. The number of aryl methyl sites for hydroxylation is 1. The quantitative estimate of drug-likeness (QED) is 0.873. The van der Waals surface area contributed by atoms with Crippen LogP contribution in [0.15, 0.2) is 24.8 Å². The topological polar surface area (TPSA) is 57.5 Å². The van der Waals surface area contributed by atoms with Gasteiger partial charge in [-0.15, -0.1) is 0 Å². The molecule has 1 saturated carbocycles. The predicted octanol–water partition coefficient (Wildman–Crippen LogP) is 3.79. The minimum Gasteiger partial charge on any atom is -0.481 e. The Balaban J connectivity index is 2.11. The van der Waals surface area contributed by atoms with Crippen LogP contribution < -0.4 is 0 Å². The van der Waals surface area contributed by atoms with Gasteiger partial charge >= 0.3 is 5.97 Å². The molecule has 1 aromatic carbocycles. The first-order chi connectivity index (χ1) is 10.7. The van der Waals surface area contributed by atoms with Crippen molar-refractivity contribution in [3.8, 4) is 0 Å². The summed E-state index contributed by atoms with van der Waals surface area (Å²) in [5, 5.41) is 20.2. The number of hydrogen-bond acceptors (Lipinski definition) is 2. The molecule has 23 heavy (non-hydrogen) atoms. The molecule has 0 radical (unpaired) electrons. The number of rotatable bonds is 2. The fourth-order valence-corrected chi connectivity index (χ4v) is 4.96. The van der Waals surface area contributed by atoms with Crippen LogP contribution in [0.4, 0.5) is 0 Å². The Bertz CT molecular complexity index is 677. The lowest BCUT2D eigenvalue weighted by atomic mass is 9.49. The van der Waals surface area contributed by atoms with Crippen molar-refractivity contribution in [2.75, 3.05) is 0 Å². The van der Waals surface area contributed by atoms with E-state index in [1.54, 1.807) is 6.92 Å². The molecule has 1 fully saturated rings. The van der Waals surface area contributed by atoms with Gasteiger partial charge in [0.25, 0.3) is 0 Å². The minimum absolute atomic E-state index is 0.0422. The monoisotopic (exact) mass is 314 g/mol. The molecule has 0 aromatic heterocycles. The zero-order valence-electron chi connectivity index (χ0n) is 14.2. The second-order valence-electron chi connectivity index (χ2n) is 7.80. The molecular weight excluding hydrogens is 288 g/mol. The van der Waals surface area contributed by atoms with Gasteiger partial charge in [0.15, 0.2) is 0 Å². The lowest BCUT2D eigenvalue weighted by Gasteiger charge is -2.55. The smallest absolute Gasteiger partial charge is 0.312 e. The number of carboxylic acid groups (broad SMARTS) is 1. The first-order valence-corrected chi connectivity index (χ1v) is 8.42. The number of allylic oxidation sites excluding steroid dienone is 1. The van der Waals surface area contributed by atoms with Crippen LogP contribution in [0.1, 0.15) is 56.7 Å². The summed E-state index contributed by atoms with van der Waals surface area (Å²) in [5.74, 6) is -0.914. The van der Waals surface area contributed by atoms with Crippen molar-refractivity contribution in [1.82, 2.24) is 0 Å². The van der Waals surface area contributed by atoms with Gasteiger partial charge in [0.05, 0.1) is 11.5 Å². The Morgan fingerprint density at radius 1 is 1.30 bits per heavy atom. The Hall–Kier alpha value is -1.61. The third kappa shape index (κ3) is 2.17. The van der Waals surface area contributed by atoms with Gasteiger partial charge in [-0.05, 0) is 67.6 Å². The molecule has 0 aliphatic heterocycles. The van der Waals surface area contributed by atoms with E-state index in [0.717, 1.165) is 30.4 Å². The Labute approximate surface area is 138 Å². The normalized spacial score (nSPS) is 36.0. The zero-order chi connectivity index (χ0) is 17.0. The lowest BCUT2D eigenvalue weighted by Crippen LogP contribution is -2.58. The fraction of sp³-hybridized carbons (Fsp3) is 0.550. The summed E-state index contributed by atoms with van der Waals surface area (Å²) >= 11 is 0. The number of hydrogen-bond donors (Lipinski definition) is 2. The van der Waals surface area contributed by atoms with Crippen molar-refractivity contribution >= 4 is 11.5 Å². The Kier molecular flexibility index (Phi) is 3.68. The van der Waals surface area contributed by atoms with Crippen molar-refractivity contribution in [3.05, 3.63) is 41.5 Å². The third-order valence-corrected chi connectivity index (χ3v) is 6.50. The highest BCUT2D eigenvalue weighted by Crippen LogP contribution is 2.57. The molecular formula is C20H26O3. The highest BCUT2D eigenvalue weighted by Gasteiger charge is 2.59. The molecule has 2 N–H and O–H groups in total. The van der Waals surface area contributed by atoms with Gasteiger partial charge in [-0.2, -0.15) is 0 Å². The number of fused-ring (bicyclic) bond motifs is 3. The third-order valence-electron chi connectivity index (χ3n) is 6.50. The molecule has 124 valence electrons. The van der Waals surface area contributed by atoms with E-state index < -0.39 is 17.5 Å². The maximum atomic E-state index is 12.0. The summed E-state index contributed by atoms with van der Waals surface area (Å²) in [7, 11) is 0. The summed E-state index contributed by atoms with van der Waals surface area (Å²) in [6.07, 6.45) is 2.28. The van der Waals surface area contributed by atoms with Gasteiger partial charge in [-0.3, -0.25) is 4.79 Å². The molecule has 0 amide bonds. The molecule has 2 aliphatic carbocycles. The molecule has 3 heteroatoms. The standard InChI is InChI=1S/C20H26O3/c1-12(2)13-5-7-15-14(11-13)6-8-16-19(15,3)10-9-17(21)20(16,4)18(22)23/h5,7,11,16-17,21H,1,6,8-10H2,2-4H3,(H,22,23)/t16-,17+,19-,20-/m1/s1. The van der Waals surface area contributed by atoms with E-state index in [2.05, 4.69) is 31.7 Å². The van der Waals surface area contributed by atoms with Gasteiger partial charge < -0.3 is 10.2 Å². The number of carbonyl (C=O) groups is 1. The Morgan fingerprint density at radius 3 is 2.61 bits per heavy atom. The van der Waals surface area contributed by atoms with E-state index in [0.29, 0.717) is 6.42 Å². The average Bonchev–Trinajstić information content (AvgIpc) is 2.50. The highest BCUT2D eigenvalue weighted by atomic mass is 16.4. The number of benzene rings is 1. The van der Waals surface area contributed by atoms with Crippen LogP contribution in [-0.2, 0) is 16.6 Å². The SMILES string of the molecule is C=C(C)c1ccc2c(c1)CC[C@H]1[C@@](C)(C(=O)O)[C@@H](O)CC[C@]21C. The predicted molar refractivity (Wildman–Crippen MR) is 91.3 cm³/mol. The molecule has 3 rings (SSSR count). The van der Waals surface area contributed by atoms with Gasteiger partial charge in [-0.25, -0.2) is 0 Å². The van der Waals surface area contributed by atoms with Crippen molar-refractivity contribution < 1.29 is 15.0 Å². The Morgan fingerprint density at radius 2 is 2.00 bits per heavy atom. The molecule has 0 spiro atoms. The first kappa shape index (κ1) is 16.3. The van der Waals surface area contributed by atoms with Crippen LogP contribution in [0.25, 0.3) is 5.57 Å². The number of carboxylic acids is 1. The fourth-order valence-electron chi connectivity index (χ4n) is 4.96. The summed E-state index contributed by atoms with van der Waals surface area (Å²) in [6.45, 7) is 9.94. The molecule has 2 aliphatic rings. The van der Waals surface area contributed by atoms with E-state index in [9.17, 15) is 15.0 Å². The van der Waals surface area contributed by atoms with Crippen LogP contribution in [-0.4, -0.2) is 22.3 Å². The summed E-state index contributed by atoms with van der Waals surface area (Å²) in [6, 6.07) is 6.46. The molecule has 0 unspecified atom stereocenters. The molecule has 3 nitrogen and oxygen atoms in total. The summed E-state index contributed by atoms with van der Waals surface area (Å²) in [5.41, 5.74) is 3.52. The number of aliphatic hydroxyl groups is 1. The lowest BCUT2D eigenvalue weighted by molar-refractivity contribution is -0.171. The zero-order valence-corrected chi connectivity index (χ0v) is 14.2. The van der Waals surface area contributed by atoms with Crippen molar-refractivity contribution in [2.45, 2.75) is 58.0 Å². The second-order valence-corrected chi connectivity index (χ2v) is 7.80. The summed E-state index contributed by atoms with van der Waals surface area (Å²) in [4.78, 5) is 12.0. The summed E-state index contributed by atoms with van der Waals surface area (Å²) < 4.78 is 0.